The minimum Gasteiger partial charge on any atom is -0.351 e. The van der Waals surface area contributed by atoms with Crippen LogP contribution in [0.2, 0.25) is 0 Å². The summed E-state index contributed by atoms with van der Waals surface area (Å²) < 4.78 is 2.03. The fourth-order valence-electron chi connectivity index (χ4n) is 2.50. The number of aromatic nitrogens is 2. The van der Waals surface area contributed by atoms with Crippen molar-refractivity contribution < 1.29 is 0 Å². The molecule has 0 radical (unpaired) electrons. The first-order valence-electron chi connectivity index (χ1n) is 7.04. The molecule has 0 saturated heterocycles. The first-order valence-corrected chi connectivity index (χ1v) is 7.04. The van der Waals surface area contributed by atoms with Crippen LogP contribution in [0.5, 0.6) is 0 Å². The summed E-state index contributed by atoms with van der Waals surface area (Å²) in [7, 11) is 0. The third kappa shape index (κ3) is 4.55. The third-order valence-electron chi connectivity index (χ3n) is 3.45. The first kappa shape index (κ1) is 13.9. The topological polar surface area (TPSA) is 80.3 Å². The fraction of sp³-hybridized carbons (Fsp3) is 0.692. The lowest BCUT2D eigenvalue weighted by Crippen LogP contribution is -2.47. The van der Waals surface area contributed by atoms with Crippen molar-refractivity contribution in [1.82, 2.24) is 20.3 Å². The van der Waals surface area contributed by atoms with Crippen LogP contribution in [0, 0.1) is 0 Å². The van der Waals surface area contributed by atoms with E-state index in [1.807, 2.05) is 17.1 Å². The van der Waals surface area contributed by atoms with Gasteiger partial charge in [0.2, 0.25) is 5.96 Å². The molecule has 0 spiro atoms. The Morgan fingerprint density at radius 1 is 1.47 bits per heavy atom. The molecule has 0 aliphatic heterocycles. The van der Waals surface area contributed by atoms with Crippen molar-refractivity contribution in [2.45, 2.75) is 57.7 Å². The summed E-state index contributed by atoms with van der Waals surface area (Å²) in [5, 5.41) is 3.32. The second-order valence-corrected chi connectivity index (χ2v) is 5.22. The predicted molar refractivity (Wildman–Crippen MR) is 76.5 cm³/mol. The van der Waals surface area contributed by atoms with Crippen LogP contribution in [0.25, 0.3) is 0 Å². The molecule has 6 heteroatoms. The van der Waals surface area contributed by atoms with Gasteiger partial charge in [0.1, 0.15) is 0 Å². The SMILES string of the molecule is CC(Cn1ccnc1)NC(=NC1CCCCC1)NN. The Hall–Kier alpha value is -1.56. The van der Waals surface area contributed by atoms with E-state index in [-0.39, 0.29) is 6.04 Å². The summed E-state index contributed by atoms with van der Waals surface area (Å²) in [6.07, 6.45) is 11.8. The van der Waals surface area contributed by atoms with Crippen molar-refractivity contribution in [2.24, 2.45) is 10.8 Å². The Labute approximate surface area is 114 Å². The number of hydrogen-bond acceptors (Lipinski definition) is 3. The number of nitrogens with zero attached hydrogens (tertiary/aromatic N) is 3. The molecule has 1 aliphatic rings. The summed E-state index contributed by atoms with van der Waals surface area (Å²) >= 11 is 0. The minimum absolute atomic E-state index is 0.243. The number of aliphatic imine (C=N–C) groups is 1. The van der Waals surface area contributed by atoms with E-state index in [0.29, 0.717) is 12.0 Å². The lowest BCUT2D eigenvalue weighted by atomic mass is 9.96. The van der Waals surface area contributed by atoms with Gasteiger partial charge in [0.05, 0.1) is 12.4 Å². The van der Waals surface area contributed by atoms with Gasteiger partial charge in [0.25, 0.3) is 0 Å². The number of nitrogens with two attached hydrogens (primary N) is 1. The summed E-state index contributed by atoms with van der Waals surface area (Å²) in [5.74, 6) is 6.24. The third-order valence-corrected chi connectivity index (χ3v) is 3.45. The lowest BCUT2D eigenvalue weighted by molar-refractivity contribution is 0.439. The molecule has 1 fully saturated rings. The van der Waals surface area contributed by atoms with Crippen LogP contribution >= 0.6 is 0 Å². The molecule has 1 aromatic rings. The zero-order valence-electron chi connectivity index (χ0n) is 11.5. The van der Waals surface area contributed by atoms with E-state index < -0.39 is 0 Å². The van der Waals surface area contributed by atoms with E-state index >= 15 is 0 Å². The molecule has 1 atom stereocenters. The van der Waals surface area contributed by atoms with E-state index in [0.717, 1.165) is 6.54 Å². The van der Waals surface area contributed by atoms with E-state index in [9.17, 15) is 0 Å². The molecule has 0 aromatic carbocycles. The van der Waals surface area contributed by atoms with Gasteiger partial charge in [-0.3, -0.25) is 5.43 Å². The summed E-state index contributed by atoms with van der Waals surface area (Å²) in [5.41, 5.74) is 2.67. The maximum atomic E-state index is 5.55. The highest BCUT2D eigenvalue weighted by Gasteiger charge is 2.13. The van der Waals surface area contributed by atoms with Gasteiger partial charge in [0, 0.05) is 25.0 Å². The lowest BCUT2D eigenvalue weighted by Gasteiger charge is -2.21. The van der Waals surface area contributed by atoms with E-state index in [4.69, 9.17) is 5.84 Å². The van der Waals surface area contributed by atoms with Crippen molar-refractivity contribution in [2.75, 3.05) is 0 Å². The average molecular weight is 264 g/mol. The molecule has 2 rings (SSSR count). The van der Waals surface area contributed by atoms with Crippen LogP contribution in [0.15, 0.2) is 23.7 Å². The van der Waals surface area contributed by atoms with Crippen LogP contribution < -0.4 is 16.6 Å². The Bertz CT molecular complexity index is 380. The van der Waals surface area contributed by atoms with Gasteiger partial charge in [-0.1, -0.05) is 19.3 Å². The van der Waals surface area contributed by atoms with Crippen molar-refractivity contribution in [1.29, 1.82) is 0 Å². The minimum atomic E-state index is 0.243. The Kier molecular flexibility index (Phi) is 5.20. The van der Waals surface area contributed by atoms with Crippen LogP contribution in [0.4, 0.5) is 0 Å². The number of nitrogens with one attached hydrogen (secondary N) is 2. The molecule has 1 aliphatic carbocycles. The summed E-state index contributed by atoms with van der Waals surface area (Å²) in [4.78, 5) is 8.70. The highest BCUT2D eigenvalue weighted by Crippen LogP contribution is 2.20. The summed E-state index contributed by atoms with van der Waals surface area (Å²) in [6.45, 7) is 2.94. The fourth-order valence-corrected chi connectivity index (χ4v) is 2.50. The highest BCUT2D eigenvalue weighted by molar-refractivity contribution is 5.79. The van der Waals surface area contributed by atoms with Gasteiger partial charge >= 0.3 is 0 Å². The monoisotopic (exact) mass is 264 g/mol. The van der Waals surface area contributed by atoms with Gasteiger partial charge < -0.3 is 9.88 Å². The molecule has 1 saturated carbocycles. The molecule has 0 amide bonds. The second-order valence-electron chi connectivity index (χ2n) is 5.22. The van der Waals surface area contributed by atoms with E-state index in [1.54, 1.807) is 6.20 Å². The van der Waals surface area contributed by atoms with Gasteiger partial charge in [-0.25, -0.2) is 15.8 Å². The predicted octanol–water partition coefficient (Wildman–Crippen LogP) is 1.01. The quantitative estimate of drug-likeness (QED) is 0.328. The number of rotatable bonds is 4. The zero-order valence-corrected chi connectivity index (χ0v) is 11.5. The zero-order chi connectivity index (χ0) is 13.5. The average Bonchev–Trinajstić information content (AvgIpc) is 2.92. The van der Waals surface area contributed by atoms with Gasteiger partial charge in [-0.15, -0.1) is 0 Å². The van der Waals surface area contributed by atoms with Crippen LogP contribution in [0.1, 0.15) is 39.0 Å². The maximum absolute atomic E-state index is 5.55. The van der Waals surface area contributed by atoms with Crippen LogP contribution in [-0.4, -0.2) is 27.6 Å². The Morgan fingerprint density at radius 3 is 2.89 bits per heavy atom. The van der Waals surface area contributed by atoms with Crippen molar-refractivity contribution in [3.05, 3.63) is 18.7 Å². The standard InChI is InChI=1S/C13H24N6/c1-11(9-19-8-7-15-10-19)16-13(18-14)17-12-5-3-2-4-6-12/h7-8,10-12H,2-6,9,14H2,1H3,(H2,16,17,18). The maximum Gasteiger partial charge on any atom is 0.206 e. The molecule has 1 unspecified atom stereocenters. The Balaban J connectivity index is 1.85. The molecular formula is C13H24N6. The number of guanidine groups is 1. The number of hydrazine groups is 1. The van der Waals surface area contributed by atoms with Crippen LogP contribution in [0.3, 0.4) is 0 Å². The van der Waals surface area contributed by atoms with Crippen molar-refractivity contribution in [3.63, 3.8) is 0 Å². The second kappa shape index (κ2) is 7.13. The number of hydrogen-bond donors (Lipinski definition) is 3. The van der Waals surface area contributed by atoms with Gasteiger partial charge in [-0.05, 0) is 19.8 Å². The van der Waals surface area contributed by atoms with E-state index in [1.165, 1.54) is 32.1 Å². The Morgan fingerprint density at radius 2 is 2.26 bits per heavy atom. The molecular weight excluding hydrogens is 240 g/mol. The largest absolute Gasteiger partial charge is 0.351 e. The van der Waals surface area contributed by atoms with E-state index in [2.05, 4.69) is 27.6 Å². The van der Waals surface area contributed by atoms with Gasteiger partial charge in [-0.2, -0.15) is 0 Å². The van der Waals surface area contributed by atoms with Crippen molar-refractivity contribution >= 4 is 5.96 Å². The van der Waals surface area contributed by atoms with Crippen molar-refractivity contribution in [3.8, 4) is 0 Å². The summed E-state index contributed by atoms with van der Waals surface area (Å²) in [6, 6.07) is 0.653. The van der Waals surface area contributed by atoms with Crippen LogP contribution in [-0.2, 0) is 6.54 Å². The first-order chi connectivity index (χ1) is 9.28. The number of imidazole rings is 1. The normalized spacial score (nSPS) is 19.2. The van der Waals surface area contributed by atoms with Gasteiger partial charge in [0.15, 0.2) is 0 Å². The molecule has 106 valence electrons. The molecule has 19 heavy (non-hydrogen) atoms. The smallest absolute Gasteiger partial charge is 0.206 e. The molecule has 6 nitrogen and oxygen atoms in total. The highest BCUT2D eigenvalue weighted by atomic mass is 15.3. The molecule has 4 N–H and O–H groups in total. The molecule has 0 bridgehead atoms. The molecule has 1 aromatic heterocycles. The molecule has 1 heterocycles.